The van der Waals surface area contributed by atoms with Gasteiger partial charge in [0.2, 0.25) is 0 Å². The van der Waals surface area contributed by atoms with Crippen LogP contribution in [0.3, 0.4) is 0 Å². The van der Waals surface area contributed by atoms with E-state index in [0.717, 1.165) is 33.6 Å². The zero-order chi connectivity index (χ0) is 18.8. The molecule has 0 bridgehead atoms. The summed E-state index contributed by atoms with van der Waals surface area (Å²) in [6.45, 7) is 4.12. The zero-order valence-corrected chi connectivity index (χ0v) is 15.3. The van der Waals surface area contributed by atoms with E-state index in [0.29, 0.717) is 0 Å². The minimum atomic E-state index is -0.264. The molecule has 1 aromatic heterocycles. The van der Waals surface area contributed by atoms with Crippen LogP contribution in [-0.4, -0.2) is 10.2 Å². The van der Waals surface area contributed by atoms with E-state index in [1.807, 2.05) is 0 Å². The maximum atomic E-state index is 13.4. The van der Waals surface area contributed by atoms with Crippen molar-refractivity contribution in [2.24, 2.45) is 0 Å². The van der Waals surface area contributed by atoms with E-state index in [-0.39, 0.29) is 5.82 Å². The largest absolute Gasteiger partial charge is 0.207 e. The molecule has 2 nitrogen and oxygen atoms in total. The van der Waals surface area contributed by atoms with E-state index in [9.17, 15) is 4.39 Å². The Morgan fingerprint density at radius 2 is 1.11 bits per heavy atom. The van der Waals surface area contributed by atoms with E-state index in [1.165, 1.54) is 23.3 Å². The third kappa shape index (κ3) is 3.63. The Morgan fingerprint density at radius 3 is 1.70 bits per heavy atom. The van der Waals surface area contributed by atoms with Gasteiger partial charge in [-0.05, 0) is 49.7 Å². The van der Waals surface area contributed by atoms with Crippen molar-refractivity contribution in [3.8, 4) is 33.6 Å². The van der Waals surface area contributed by atoms with E-state index >= 15 is 0 Å². The molecule has 3 heteroatoms. The fourth-order valence-electron chi connectivity index (χ4n) is 3.03. The molecular weight excluding hydrogens is 335 g/mol. The molecule has 0 aliphatic rings. The standard InChI is InChI=1S/C24H19FN2/c1-16-3-7-18(8-4-16)22-15-23(19-9-5-17(2)6-10-19)26-27-24(22)20-11-13-21(25)14-12-20/h3-15H,1-2H3. The number of rotatable bonds is 3. The highest BCUT2D eigenvalue weighted by atomic mass is 19.1. The SMILES string of the molecule is Cc1ccc(-c2cc(-c3ccc(C)cc3)c(-c3ccc(F)cc3)nn2)cc1. The first-order valence-corrected chi connectivity index (χ1v) is 8.88. The van der Waals surface area contributed by atoms with Crippen LogP contribution in [0, 0.1) is 19.7 Å². The maximum Gasteiger partial charge on any atom is 0.123 e. The van der Waals surface area contributed by atoms with Crippen LogP contribution in [0.2, 0.25) is 0 Å². The summed E-state index contributed by atoms with van der Waals surface area (Å²) in [7, 11) is 0. The highest BCUT2D eigenvalue weighted by Gasteiger charge is 2.13. The summed E-state index contributed by atoms with van der Waals surface area (Å²) in [6, 6.07) is 25.0. The summed E-state index contributed by atoms with van der Waals surface area (Å²) in [5.74, 6) is -0.264. The number of hydrogen-bond donors (Lipinski definition) is 0. The third-order valence-corrected chi connectivity index (χ3v) is 4.62. The van der Waals surface area contributed by atoms with Crippen LogP contribution in [0.4, 0.5) is 4.39 Å². The molecule has 0 fully saturated rings. The van der Waals surface area contributed by atoms with Gasteiger partial charge in [-0.25, -0.2) is 4.39 Å². The van der Waals surface area contributed by atoms with Crippen LogP contribution in [0.15, 0.2) is 78.9 Å². The minimum Gasteiger partial charge on any atom is -0.207 e. The second-order valence-electron chi connectivity index (χ2n) is 6.73. The first kappa shape index (κ1) is 17.1. The van der Waals surface area contributed by atoms with Crippen LogP contribution >= 0.6 is 0 Å². The molecule has 1 heterocycles. The van der Waals surface area contributed by atoms with Gasteiger partial charge in [0.1, 0.15) is 11.5 Å². The Morgan fingerprint density at radius 1 is 0.593 bits per heavy atom. The summed E-state index contributed by atoms with van der Waals surface area (Å²) in [5.41, 5.74) is 7.86. The highest BCUT2D eigenvalue weighted by molar-refractivity contribution is 5.83. The quantitative estimate of drug-likeness (QED) is 0.435. The summed E-state index contributed by atoms with van der Waals surface area (Å²) >= 11 is 0. The van der Waals surface area contributed by atoms with Gasteiger partial charge in [0.05, 0.1) is 5.69 Å². The van der Waals surface area contributed by atoms with Gasteiger partial charge in [-0.3, -0.25) is 0 Å². The molecule has 0 radical (unpaired) electrons. The molecule has 3 aromatic carbocycles. The van der Waals surface area contributed by atoms with Crippen molar-refractivity contribution >= 4 is 0 Å². The normalized spacial score (nSPS) is 10.8. The molecule has 0 unspecified atom stereocenters. The highest BCUT2D eigenvalue weighted by Crippen LogP contribution is 2.33. The van der Waals surface area contributed by atoms with Crippen LogP contribution < -0.4 is 0 Å². The molecule has 27 heavy (non-hydrogen) atoms. The van der Waals surface area contributed by atoms with E-state index in [1.54, 1.807) is 12.1 Å². The number of aryl methyl sites for hydroxylation is 2. The van der Waals surface area contributed by atoms with Crippen molar-refractivity contribution in [1.82, 2.24) is 10.2 Å². The van der Waals surface area contributed by atoms with E-state index in [4.69, 9.17) is 0 Å². The number of nitrogens with zero attached hydrogens (tertiary/aromatic N) is 2. The van der Waals surface area contributed by atoms with Crippen LogP contribution in [0.1, 0.15) is 11.1 Å². The van der Waals surface area contributed by atoms with Crippen LogP contribution in [0.25, 0.3) is 33.6 Å². The van der Waals surface area contributed by atoms with Crippen molar-refractivity contribution in [3.63, 3.8) is 0 Å². The lowest BCUT2D eigenvalue weighted by molar-refractivity contribution is 0.628. The van der Waals surface area contributed by atoms with Crippen molar-refractivity contribution in [2.75, 3.05) is 0 Å². The van der Waals surface area contributed by atoms with Gasteiger partial charge in [-0.2, -0.15) is 0 Å². The molecule has 0 aliphatic heterocycles. The van der Waals surface area contributed by atoms with Gasteiger partial charge in [-0.1, -0.05) is 59.7 Å². The van der Waals surface area contributed by atoms with Gasteiger partial charge in [0.25, 0.3) is 0 Å². The molecule has 132 valence electrons. The Bertz CT molecular complexity index is 1070. The number of aromatic nitrogens is 2. The maximum absolute atomic E-state index is 13.4. The lowest BCUT2D eigenvalue weighted by Crippen LogP contribution is -1.96. The second kappa shape index (κ2) is 7.12. The average molecular weight is 354 g/mol. The zero-order valence-electron chi connectivity index (χ0n) is 15.3. The molecule has 0 saturated heterocycles. The topological polar surface area (TPSA) is 25.8 Å². The fraction of sp³-hybridized carbons (Fsp3) is 0.0833. The summed E-state index contributed by atoms with van der Waals surface area (Å²) < 4.78 is 13.4. The molecule has 0 aliphatic carbocycles. The number of benzene rings is 3. The predicted octanol–water partition coefficient (Wildman–Crippen LogP) is 6.23. The Labute approximate surface area is 158 Å². The Balaban J connectivity index is 1.89. The van der Waals surface area contributed by atoms with Crippen molar-refractivity contribution in [1.29, 1.82) is 0 Å². The fourth-order valence-corrected chi connectivity index (χ4v) is 3.03. The molecule has 0 atom stereocenters. The monoisotopic (exact) mass is 354 g/mol. The molecule has 0 N–H and O–H groups in total. The Hall–Kier alpha value is -3.33. The van der Waals surface area contributed by atoms with Crippen molar-refractivity contribution < 1.29 is 4.39 Å². The second-order valence-corrected chi connectivity index (χ2v) is 6.73. The molecular formula is C24H19FN2. The first-order chi connectivity index (χ1) is 13.1. The first-order valence-electron chi connectivity index (χ1n) is 8.88. The summed E-state index contributed by atoms with van der Waals surface area (Å²) in [6.07, 6.45) is 0. The lowest BCUT2D eigenvalue weighted by atomic mass is 9.97. The average Bonchev–Trinajstić information content (AvgIpc) is 2.69. The molecule has 4 rings (SSSR count). The minimum absolute atomic E-state index is 0.264. The van der Waals surface area contributed by atoms with Crippen LogP contribution in [0.5, 0.6) is 0 Å². The van der Waals surface area contributed by atoms with Gasteiger partial charge in [-0.15, -0.1) is 10.2 Å². The third-order valence-electron chi connectivity index (χ3n) is 4.62. The number of halogens is 1. The van der Waals surface area contributed by atoms with Crippen LogP contribution in [-0.2, 0) is 0 Å². The molecule has 0 amide bonds. The van der Waals surface area contributed by atoms with Crippen molar-refractivity contribution in [2.45, 2.75) is 13.8 Å². The predicted molar refractivity (Wildman–Crippen MR) is 108 cm³/mol. The molecule has 0 spiro atoms. The van der Waals surface area contributed by atoms with E-state index in [2.05, 4.69) is 78.6 Å². The van der Waals surface area contributed by atoms with Crippen molar-refractivity contribution in [3.05, 3.63) is 95.8 Å². The molecule has 0 saturated carbocycles. The Kier molecular flexibility index (Phi) is 4.51. The lowest BCUT2D eigenvalue weighted by Gasteiger charge is -2.11. The van der Waals surface area contributed by atoms with Gasteiger partial charge in [0.15, 0.2) is 0 Å². The summed E-state index contributed by atoms with van der Waals surface area (Å²) in [4.78, 5) is 0. The number of hydrogen-bond acceptors (Lipinski definition) is 2. The van der Waals surface area contributed by atoms with Gasteiger partial charge >= 0.3 is 0 Å². The summed E-state index contributed by atoms with van der Waals surface area (Å²) in [5, 5.41) is 8.94. The smallest absolute Gasteiger partial charge is 0.123 e. The van der Waals surface area contributed by atoms with Gasteiger partial charge in [0, 0.05) is 16.7 Å². The van der Waals surface area contributed by atoms with E-state index < -0.39 is 0 Å². The van der Waals surface area contributed by atoms with Gasteiger partial charge < -0.3 is 0 Å². The molecule has 4 aromatic rings.